The molecule has 0 radical (unpaired) electrons. The van der Waals surface area contributed by atoms with Gasteiger partial charge < -0.3 is 0 Å². The lowest BCUT2D eigenvalue weighted by atomic mass is 10.2. The van der Waals surface area contributed by atoms with E-state index in [-0.39, 0.29) is 6.03 Å². The molecule has 0 aliphatic rings. The molecule has 6 nitrogen and oxygen atoms in total. The van der Waals surface area contributed by atoms with E-state index < -0.39 is 0 Å². The Morgan fingerprint density at radius 1 is 1.43 bits per heavy atom. The van der Waals surface area contributed by atoms with E-state index in [2.05, 4.69) is 15.4 Å². The normalized spacial score (nSPS) is 10.8. The lowest BCUT2D eigenvalue weighted by Gasteiger charge is -2.17. The van der Waals surface area contributed by atoms with Crippen molar-refractivity contribution < 1.29 is 4.79 Å². The molecule has 0 bridgehead atoms. The average molecular weight is 301 g/mol. The number of hydrogen-bond donors (Lipinski definition) is 1. The molecule has 7 heteroatoms. The molecule has 3 aromatic rings. The van der Waals surface area contributed by atoms with Crippen LogP contribution < -0.4 is 10.2 Å². The Balaban J connectivity index is 1.87. The Bertz CT molecular complexity index is 793. The van der Waals surface area contributed by atoms with Crippen LogP contribution in [0.4, 0.5) is 15.6 Å². The molecule has 2 aromatic heterocycles. The fraction of sp³-hybridized carbons (Fsp3) is 0.214. The van der Waals surface area contributed by atoms with E-state index in [1.807, 2.05) is 42.2 Å². The van der Waals surface area contributed by atoms with E-state index in [4.69, 9.17) is 0 Å². The second kappa shape index (κ2) is 5.17. The molecule has 0 spiro atoms. The van der Waals surface area contributed by atoms with Crippen LogP contribution in [0.2, 0.25) is 0 Å². The summed E-state index contributed by atoms with van der Waals surface area (Å²) in [7, 11) is 3.63. The lowest BCUT2D eigenvalue weighted by molar-refractivity contribution is 0.258. The number of aromatic nitrogens is 3. The Labute approximate surface area is 126 Å². The topological polar surface area (TPSA) is 63.1 Å². The van der Waals surface area contributed by atoms with E-state index in [9.17, 15) is 4.79 Å². The van der Waals surface area contributed by atoms with Crippen LogP contribution in [0.1, 0.15) is 5.69 Å². The summed E-state index contributed by atoms with van der Waals surface area (Å²) in [5.41, 5.74) is 2.77. The number of aryl methyl sites for hydroxylation is 2. The summed E-state index contributed by atoms with van der Waals surface area (Å²) in [5.74, 6) is 0. The quantitative estimate of drug-likeness (QED) is 0.791. The molecule has 21 heavy (non-hydrogen) atoms. The molecule has 1 N–H and O–H groups in total. The first-order chi connectivity index (χ1) is 10.1. The van der Waals surface area contributed by atoms with Crippen molar-refractivity contribution in [2.45, 2.75) is 6.92 Å². The number of thiazole rings is 1. The summed E-state index contributed by atoms with van der Waals surface area (Å²) in [5, 5.41) is 10.7. The SMILES string of the molecule is Cc1c2ccc(N(C)C(=O)Nc3nccs3)cc2nn1C. The van der Waals surface area contributed by atoms with E-state index in [1.54, 1.807) is 18.1 Å². The van der Waals surface area contributed by atoms with Gasteiger partial charge in [-0.2, -0.15) is 5.10 Å². The summed E-state index contributed by atoms with van der Waals surface area (Å²) in [6.45, 7) is 2.02. The number of rotatable bonds is 2. The van der Waals surface area contributed by atoms with Crippen molar-refractivity contribution in [1.82, 2.24) is 14.8 Å². The molecule has 0 unspecified atom stereocenters. The highest BCUT2D eigenvalue weighted by Gasteiger charge is 2.14. The number of carbonyl (C=O) groups excluding carboxylic acids is 1. The highest BCUT2D eigenvalue weighted by atomic mass is 32.1. The molecule has 108 valence electrons. The largest absolute Gasteiger partial charge is 0.327 e. The smallest absolute Gasteiger partial charge is 0.297 e. The van der Waals surface area contributed by atoms with Crippen LogP contribution in [-0.2, 0) is 7.05 Å². The highest BCUT2D eigenvalue weighted by Crippen LogP contribution is 2.23. The second-order valence-corrected chi connectivity index (χ2v) is 5.63. The van der Waals surface area contributed by atoms with Gasteiger partial charge in [0, 0.05) is 42.4 Å². The number of carbonyl (C=O) groups is 1. The molecule has 0 saturated carbocycles. The van der Waals surface area contributed by atoms with Crippen LogP contribution in [0.5, 0.6) is 0 Å². The number of amides is 2. The van der Waals surface area contributed by atoms with Gasteiger partial charge in [0.1, 0.15) is 0 Å². The summed E-state index contributed by atoms with van der Waals surface area (Å²) < 4.78 is 1.84. The Hall–Kier alpha value is -2.41. The fourth-order valence-electron chi connectivity index (χ4n) is 2.11. The zero-order valence-corrected chi connectivity index (χ0v) is 12.8. The zero-order valence-electron chi connectivity index (χ0n) is 12.0. The fourth-order valence-corrected chi connectivity index (χ4v) is 2.62. The molecule has 3 rings (SSSR count). The first kappa shape index (κ1) is 13.6. The van der Waals surface area contributed by atoms with Crippen molar-refractivity contribution in [3.05, 3.63) is 35.5 Å². The molecule has 0 saturated heterocycles. The van der Waals surface area contributed by atoms with Gasteiger partial charge in [0.15, 0.2) is 5.13 Å². The van der Waals surface area contributed by atoms with E-state index in [0.717, 1.165) is 22.3 Å². The molecule has 2 amide bonds. The average Bonchev–Trinajstić information content (AvgIpc) is 3.07. The Kier molecular flexibility index (Phi) is 3.34. The van der Waals surface area contributed by atoms with Gasteiger partial charge in [-0.1, -0.05) is 0 Å². The molecule has 0 atom stereocenters. The van der Waals surface area contributed by atoms with Crippen LogP contribution in [0.15, 0.2) is 29.8 Å². The van der Waals surface area contributed by atoms with Gasteiger partial charge in [0.2, 0.25) is 0 Å². The van der Waals surface area contributed by atoms with Gasteiger partial charge in [-0.05, 0) is 25.1 Å². The van der Waals surface area contributed by atoms with Crippen molar-refractivity contribution >= 4 is 39.1 Å². The maximum atomic E-state index is 12.2. The van der Waals surface area contributed by atoms with E-state index in [0.29, 0.717) is 5.13 Å². The maximum Gasteiger partial charge on any atom is 0.327 e. The number of nitrogens with one attached hydrogen (secondary N) is 1. The molecule has 0 fully saturated rings. The standard InChI is InChI=1S/C14H15N5OS/c1-9-11-5-4-10(8-12(11)17-19(9)3)18(2)14(20)16-13-15-6-7-21-13/h4-8H,1-3H3,(H,15,16,20). The first-order valence-corrected chi connectivity index (χ1v) is 7.32. The molecule has 2 heterocycles. The maximum absolute atomic E-state index is 12.2. The predicted octanol–water partition coefficient (Wildman–Crippen LogP) is 3.01. The summed E-state index contributed by atoms with van der Waals surface area (Å²) in [6.07, 6.45) is 1.66. The number of urea groups is 1. The third-order valence-electron chi connectivity index (χ3n) is 3.45. The van der Waals surface area contributed by atoms with Crippen molar-refractivity contribution in [2.75, 3.05) is 17.3 Å². The van der Waals surface area contributed by atoms with E-state index >= 15 is 0 Å². The number of hydrogen-bond acceptors (Lipinski definition) is 4. The minimum Gasteiger partial charge on any atom is -0.297 e. The third-order valence-corrected chi connectivity index (χ3v) is 4.14. The molecular weight excluding hydrogens is 286 g/mol. The summed E-state index contributed by atoms with van der Waals surface area (Å²) in [4.78, 5) is 17.8. The third kappa shape index (κ3) is 2.47. The lowest BCUT2D eigenvalue weighted by Crippen LogP contribution is -2.31. The van der Waals surface area contributed by atoms with Crippen LogP contribution in [0.3, 0.4) is 0 Å². The van der Waals surface area contributed by atoms with Crippen LogP contribution in [0, 0.1) is 6.92 Å². The van der Waals surface area contributed by atoms with Crippen molar-refractivity contribution in [1.29, 1.82) is 0 Å². The van der Waals surface area contributed by atoms with Crippen molar-refractivity contribution in [3.8, 4) is 0 Å². The van der Waals surface area contributed by atoms with Crippen LogP contribution >= 0.6 is 11.3 Å². The van der Waals surface area contributed by atoms with Crippen LogP contribution in [0.25, 0.3) is 10.9 Å². The van der Waals surface area contributed by atoms with Crippen molar-refractivity contribution in [2.24, 2.45) is 7.05 Å². The molecule has 0 aliphatic heterocycles. The number of fused-ring (bicyclic) bond motifs is 1. The van der Waals surface area contributed by atoms with Gasteiger partial charge in [-0.25, -0.2) is 9.78 Å². The predicted molar refractivity (Wildman–Crippen MR) is 85.0 cm³/mol. The Morgan fingerprint density at radius 3 is 2.95 bits per heavy atom. The van der Waals surface area contributed by atoms with Gasteiger partial charge in [-0.3, -0.25) is 14.9 Å². The number of nitrogens with zero attached hydrogens (tertiary/aromatic N) is 4. The molecule has 0 aliphatic carbocycles. The minimum absolute atomic E-state index is 0.225. The highest BCUT2D eigenvalue weighted by molar-refractivity contribution is 7.13. The number of anilines is 2. The second-order valence-electron chi connectivity index (χ2n) is 4.74. The first-order valence-electron chi connectivity index (χ1n) is 6.44. The molecule has 1 aromatic carbocycles. The van der Waals surface area contributed by atoms with Gasteiger partial charge in [-0.15, -0.1) is 11.3 Å². The van der Waals surface area contributed by atoms with Gasteiger partial charge in [0.05, 0.1) is 5.52 Å². The Morgan fingerprint density at radius 2 is 2.24 bits per heavy atom. The van der Waals surface area contributed by atoms with Gasteiger partial charge >= 0.3 is 6.03 Å². The zero-order chi connectivity index (χ0) is 15.0. The molecular formula is C14H15N5OS. The van der Waals surface area contributed by atoms with Crippen molar-refractivity contribution in [3.63, 3.8) is 0 Å². The van der Waals surface area contributed by atoms with E-state index in [1.165, 1.54) is 11.3 Å². The monoisotopic (exact) mass is 301 g/mol. The summed E-state index contributed by atoms with van der Waals surface area (Å²) in [6, 6.07) is 5.58. The summed E-state index contributed by atoms with van der Waals surface area (Å²) >= 11 is 1.39. The van der Waals surface area contributed by atoms with Gasteiger partial charge in [0.25, 0.3) is 0 Å². The minimum atomic E-state index is -0.225. The van der Waals surface area contributed by atoms with Crippen LogP contribution in [-0.4, -0.2) is 27.8 Å². The number of benzene rings is 1.